The molecule has 1 unspecified atom stereocenters. The molecule has 59 heavy (non-hydrogen) atoms. The molecule has 10 rings (SSSR count). The zero-order valence-electron chi connectivity index (χ0n) is 36.4. The molecule has 0 spiro atoms. The van der Waals surface area contributed by atoms with E-state index in [2.05, 4.69) is 144 Å². The second kappa shape index (κ2) is 14.6. The lowest BCUT2D eigenvalue weighted by atomic mass is 9.78. The Morgan fingerprint density at radius 2 is 1.27 bits per heavy atom. The van der Waals surface area contributed by atoms with Gasteiger partial charge in [0.1, 0.15) is 17.3 Å². The van der Waals surface area contributed by atoms with Gasteiger partial charge in [0.05, 0.1) is 37.6 Å². The standard InChI is InChI=1S/C54H44N4O/c1-37(54(2,3)4)40-31-32-55-52(33-40)58-48-26-12-11-23-46(48)47-30-29-43(35-51(47)58)59-42-22-15-21-41(34-42)56-36-57(50-28-14-13-27-49(50)56)53-44(38-17-7-5-8-18-38)24-16-25-45(53)39-19-9-6-10-20-39/h5-35,37H,1-4H3/i31D,32D,33D. The first-order valence-electron chi connectivity index (χ1n) is 21.6. The number of nitrogens with zero attached hydrogens (tertiary/aromatic N) is 4. The maximum Gasteiger partial charge on any atom is 0.269 e. The fraction of sp³-hybridized carbons (Fsp3) is 0.111. The highest BCUT2D eigenvalue weighted by atomic mass is 16.5. The molecule has 0 saturated heterocycles. The lowest BCUT2D eigenvalue weighted by molar-refractivity contribution is -0.571. The Hall–Kier alpha value is -7.24. The van der Waals surface area contributed by atoms with E-state index < -0.39 is 0 Å². The van der Waals surface area contributed by atoms with Crippen molar-refractivity contribution in [2.24, 2.45) is 5.41 Å². The number of fused-ring (bicyclic) bond motifs is 4. The number of hydrogen-bond donors (Lipinski definition) is 0. The smallest absolute Gasteiger partial charge is 0.269 e. The van der Waals surface area contributed by atoms with Crippen LogP contribution in [0.4, 0.5) is 0 Å². The van der Waals surface area contributed by atoms with Crippen LogP contribution in [0, 0.1) is 11.7 Å². The van der Waals surface area contributed by atoms with Crippen LogP contribution in [-0.2, 0) is 0 Å². The quantitative estimate of drug-likeness (QED) is 0.114. The van der Waals surface area contributed by atoms with Crippen LogP contribution in [-0.4, -0.2) is 14.1 Å². The molecule has 5 nitrogen and oxygen atoms in total. The van der Waals surface area contributed by atoms with E-state index in [0.29, 0.717) is 22.9 Å². The third kappa shape index (κ3) is 6.55. The Labute approximate surface area is 349 Å². The Bertz CT molecular complexity index is 3250. The van der Waals surface area contributed by atoms with Crippen molar-refractivity contribution in [1.29, 1.82) is 0 Å². The minimum absolute atomic E-state index is 0.00104. The summed E-state index contributed by atoms with van der Waals surface area (Å²) in [4.78, 5) is 4.60. The Morgan fingerprint density at radius 1 is 0.644 bits per heavy atom. The highest BCUT2D eigenvalue weighted by Crippen LogP contribution is 2.39. The number of benzene rings is 7. The molecule has 3 aromatic heterocycles. The van der Waals surface area contributed by atoms with Crippen molar-refractivity contribution in [2.45, 2.75) is 33.6 Å². The highest BCUT2D eigenvalue weighted by Gasteiger charge is 2.24. The van der Waals surface area contributed by atoms with Crippen molar-refractivity contribution in [1.82, 2.24) is 14.1 Å². The van der Waals surface area contributed by atoms with Gasteiger partial charge in [-0.1, -0.05) is 155 Å². The molecule has 0 aliphatic rings. The topological polar surface area (TPSA) is 35.9 Å². The summed E-state index contributed by atoms with van der Waals surface area (Å²) in [5, 5.41) is 1.97. The van der Waals surface area contributed by atoms with Gasteiger partial charge in [-0.2, -0.15) is 0 Å². The molecule has 0 radical (unpaired) electrons. The van der Waals surface area contributed by atoms with Crippen molar-refractivity contribution >= 4 is 32.8 Å². The van der Waals surface area contributed by atoms with Crippen molar-refractivity contribution in [3.05, 3.63) is 200 Å². The van der Waals surface area contributed by atoms with E-state index in [1.165, 1.54) is 0 Å². The number of imidazole rings is 1. The maximum absolute atomic E-state index is 9.46. The third-order valence-electron chi connectivity index (χ3n) is 11.5. The fourth-order valence-corrected chi connectivity index (χ4v) is 8.04. The summed E-state index contributed by atoms with van der Waals surface area (Å²) in [6, 6.07) is 58.1. The Morgan fingerprint density at radius 3 is 2.00 bits per heavy atom. The first kappa shape index (κ1) is 32.8. The fourth-order valence-electron chi connectivity index (χ4n) is 8.04. The lowest BCUT2D eigenvalue weighted by Gasteiger charge is -2.27. The van der Waals surface area contributed by atoms with E-state index in [9.17, 15) is 1.37 Å². The number of rotatable bonds is 8. The summed E-state index contributed by atoms with van der Waals surface area (Å²) in [6.45, 7) is 8.32. The average Bonchev–Trinajstić information content (AvgIpc) is 3.84. The maximum atomic E-state index is 9.46. The van der Waals surface area contributed by atoms with E-state index in [0.717, 1.165) is 66.5 Å². The van der Waals surface area contributed by atoms with Crippen LogP contribution >= 0.6 is 0 Å². The monoisotopic (exact) mass is 767 g/mol. The van der Waals surface area contributed by atoms with Gasteiger partial charge in [-0.05, 0) is 87.6 Å². The Kier molecular flexibility index (Phi) is 8.12. The summed E-state index contributed by atoms with van der Waals surface area (Å²) in [6.07, 6.45) is 3.61. The van der Waals surface area contributed by atoms with Crippen molar-refractivity contribution in [3.8, 4) is 50.9 Å². The molecule has 7 aromatic carbocycles. The van der Waals surface area contributed by atoms with Crippen LogP contribution in [0.5, 0.6) is 11.5 Å². The van der Waals surface area contributed by atoms with Crippen molar-refractivity contribution in [2.75, 3.05) is 0 Å². The van der Waals surface area contributed by atoms with Gasteiger partial charge in [-0.3, -0.25) is 13.7 Å². The molecule has 0 amide bonds. The van der Waals surface area contributed by atoms with E-state index in [1.54, 1.807) is 0 Å². The summed E-state index contributed by atoms with van der Waals surface area (Å²) < 4.78 is 39.9. The zero-order valence-corrected chi connectivity index (χ0v) is 33.4. The number of pyridine rings is 1. The molecule has 3 heterocycles. The molecule has 1 atom stereocenters. The van der Waals surface area contributed by atoms with Gasteiger partial charge in [-0.25, -0.2) is 4.98 Å². The van der Waals surface area contributed by atoms with Gasteiger partial charge >= 0.3 is 0 Å². The molecule has 10 aromatic rings. The van der Waals surface area contributed by atoms with E-state index in [1.807, 2.05) is 78.2 Å². The first-order valence-corrected chi connectivity index (χ1v) is 20.1. The summed E-state index contributed by atoms with van der Waals surface area (Å²) in [5.41, 5.74) is 10.3. The molecule has 0 bridgehead atoms. The Balaban J connectivity index is 1.09. The minimum atomic E-state index is -0.226. The number of aromatic nitrogens is 4. The number of para-hydroxylation sites is 4. The summed E-state index contributed by atoms with van der Waals surface area (Å²) in [7, 11) is 0. The van der Waals surface area contributed by atoms with Crippen LogP contribution in [0.25, 0.3) is 72.3 Å². The predicted molar refractivity (Wildman–Crippen MR) is 241 cm³/mol. The molecule has 0 aliphatic carbocycles. The third-order valence-corrected chi connectivity index (χ3v) is 11.5. The average molecular weight is 768 g/mol. The van der Waals surface area contributed by atoms with Crippen LogP contribution in [0.3, 0.4) is 0 Å². The number of ether oxygens (including phenoxy) is 1. The van der Waals surface area contributed by atoms with Crippen LogP contribution in [0.2, 0.25) is 0 Å². The van der Waals surface area contributed by atoms with E-state index >= 15 is 0 Å². The van der Waals surface area contributed by atoms with Crippen molar-refractivity contribution in [3.63, 3.8) is 0 Å². The highest BCUT2D eigenvalue weighted by molar-refractivity contribution is 6.09. The van der Waals surface area contributed by atoms with Gasteiger partial charge in [0.15, 0.2) is 0 Å². The van der Waals surface area contributed by atoms with Gasteiger partial charge in [0.2, 0.25) is 0 Å². The van der Waals surface area contributed by atoms with Gasteiger partial charge in [0, 0.05) is 23.0 Å². The van der Waals surface area contributed by atoms with Gasteiger partial charge in [-0.15, -0.1) is 0 Å². The summed E-state index contributed by atoms with van der Waals surface area (Å²) in [5.74, 6) is 1.43. The van der Waals surface area contributed by atoms with Gasteiger partial charge < -0.3 is 4.74 Å². The summed E-state index contributed by atoms with van der Waals surface area (Å²) >= 11 is 0. The van der Waals surface area contributed by atoms with Crippen LogP contribution < -0.4 is 9.30 Å². The number of hydrogen-bond acceptors (Lipinski definition) is 2. The molecule has 286 valence electrons. The molecule has 5 heteroatoms. The largest absolute Gasteiger partial charge is 0.458 e. The van der Waals surface area contributed by atoms with Crippen molar-refractivity contribution < 1.29 is 13.4 Å². The zero-order chi connectivity index (χ0) is 42.7. The second-order valence-corrected chi connectivity index (χ2v) is 16.1. The molecule has 0 fully saturated rings. The van der Waals surface area contributed by atoms with E-state index in [-0.39, 0.29) is 29.6 Å². The lowest BCUT2D eigenvalue weighted by Crippen LogP contribution is -2.31. The second-order valence-electron chi connectivity index (χ2n) is 16.1. The SMILES string of the molecule is [2H]c1nc(-n2c3ccccc3c3ccc(Oc4cccc(-n5[c-][n+](-c6c(-c7ccccc7)cccc6-c6ccccc6)c6ccccc65)c4)cc32)c([2H])c(C(C)C(C)(C)C)c1[2H]. The van der Waals surface area contributed by atoms with E-state index in [4.69, 9.17) is 7.48 Å². The first-order chi connectivity index (χ1) is 30.1. The predicted octanol–water partition coefficient (Wildman–Crippen LogP) is 13.5. The molecular weight excluding hydrogens is 721 g/mol. The molecule has 0 aliphatic heterocycles. The van der Waals surface area contributed by atoms with Crippen LogP contribution in [0.1, 0.15) is 43.3 Å². The normalized spacial score (nSPS) is 13.1. The van der Waals surface area contributed by atoms with Crippen LogP contribution in [0.15, 0.2) is 188 Å². The molecule has 0 saturated carbocycles. The van der Waals surface area contributed by atoms with Gasteiger partial charge in [0.25, 0.3) is 6.33 Å². The molecular formula is C54H44N4O. The minimum Gasteiger partial charge on any atom is -0.458 e. The molecule has 0 N–H and O–H groups in total.